The predicted molar refractivity (Wildman–Crippen MR) is 97.1 cm³/mol. The summed E-state index contributed by atoms with van der Waals surface area (Å²) in [5.41, 5.74) is 5.50. The number of hydrogen-bond donors (Lipinski definition) is 3. The molecule has 0 unspecified atom stereocenters. The fourth-order valence-corrected chi connectivity index (χ4v) is 2.89. The van der Waals surface area contributed by atoms with E-state index in [-0.39, 0.29) is 30.3 Å². The molecule has 1 saturated heterocycles. The summed E-state index contributed by atoms with van der Waals surface area (Å²) in [5.74, 6) is -0.291. The molecule has 0 atom stereocenters. The van der Waals surface area contributed by atoms with Gasteiger partial charge in [-0.25, -0.2) is 0 Å². The van der Waals surface area contributed by atoms with Gasteiger partial charge in [0.05, 0.1) is 6.61 Å². The summed E-state index contributed by atoms with van der Waals surface area (Å²) in [7, 11) is 1.69. The Hall–Kier alpha value is -1.83. The largest absolute Gasteiger partial charge is 0.484 e. The van der Waals surface area contributed by atoms with Crippen LogP contribution in [0.15, 0.2) is 24.3 Å². The quantitative estimate of drug-likeness (QED) is 0.624. The molecule has 4 N–H and O–H groups in total. The smallest absolute Gasteiger partial charge is 0.255 e. The highest BCUT2D eigenvalue weighted by atomic mass is 35.5. The van der Waals surface area contributed by atoms with Gasteiger partial charge >= 0.3 is 0 Å². The van der Waals surface area contributed by atoms with Gasteiger partial charge in [-0.1, -0.05) is 6.07 Å². The van der Waals surface area contributed by atoms with Crippen molar-refractivity contribution in [1.82, 2.24) is 10.6 Å². The predicted octanol–water partition coefficient (Wildman–Crippen LogP) is 0.719. The van der Waals surface area contributed by atoms with Gasteiger partial charge in [-0.2, -0.15) is 0 Å². The highest BCUT2D eigenvalue weighted by molar-refractivity contribution is 5.94. The Morgan fingerprint density at radius 3 is 2.68 bits per heavy atom. The molecule has 0 bridgehead atoms. The summed E-state index contributed by atoms with van der Waals surface area (Å²) in [5, 5.41) is 6.32. The zero-order chi connectivity index (χ0) is 17.4. The first kappa shape index (κ1) is 21.2. The van der Waals surface area contributed by atoms with Crippen molar-refractivity contribution in [3.8, 4) is 5.75 Å². The van der Waals surface area contributed by atoms with Crippen LogP contribution in [0.5, 0.6) is 5.75 Å². The van der Waals surface area contributed by atoms with E-state index in [0.29, 0.717) is 24.5 Å². The van der Waals surface area contributed by atoms with E-state index in [1.807, 2.05) is 0 Å². The van der Waals surface area contributed by atoms with E-state index in [1.165, 1.54) is 0 Å². The Labute approximate surface area is 154 Å². The molecule has 0 spiro atoms. The summed E-state index contributed by atoms with van der Waals surface area (Å²) < 4.78 is 10.6. The van der Waals surface area contributed by atoms with E-state index in [2.05, 4.69) is 10.6 Å². The van der Waals surface area contributed by atoms with Gasteiger partial charge in [0, 0.05) is 24.6 Å². The first-order chi connectivity index (χ1) is 11.5. The molecule has 0 radical (unpaired) electrons. The minimum absolute atomic E-state index is 0. The second-order valence-electron chi connectivity index (χ2n) is 6.15. The highest BCUT2D eigenvalue weighted by Gasteiger charge is 2.32. The minimum Gasteiger partial charge on any atom is -0.484 e. The molecule has 25 heavy (non-hydrogen) atoms. The number of piperidine rings is 1. The third-order valence-electron chi connectivity index (χ3n) is 4.22. The molecule has 2 rings (SSSR count). The SMILES string of the molecule is COCC1(CNC(=O)c2cccc(OCC(N)=O)c2)CCNCC1.Cl. The number of carbonyl (C=O) groups excluding carboxylic acids is 2. The van der Waals surface area contributed by atoms with Crippen LogP contribution in [0.1, 0.15) is 23.2 Å². The van der Waals surface area contributed by atoms with E-state index in [9.17, 15) is 9.59 Å². The Balaban J connectivity index is 0.00000312. The number of rotatable bonds is 8. The van der Waals surface area contributed by atoms with Crippen molar-refractivity contribution < 1.29 is 19.1 Å². The Kier molecular flexibility index (Phi) is 8.68. The van der Waals surface area contributed by atoms with Gasteiger partial charge in [-0.3, -0.25) is 9.59 Å². The van der Waals surface area contributed by atoms with Gasteiger partial charge in [0.15, 0.2) is 6.61 Å². The van der Waals surface area contributed by atoms with Crippen LogP contribution >= 0.6 is 12.4 Å². The normalized spacial score (nSPS) is 15.7. The van der Waals surface area contributed by atoms with E-state index in [0.717, 1.165) is 25.9 Å². The van der Waals surface area contributed by atoms with Gasteiger partial charge in [0.25, 0.3) is 11.8 Å². The number of nitrogens with one attached hydrogen (secondary N) is 2. The topological polar surface area (TPSA) is 103 Å². The van der Waals surface area contributed by atoms with E-state index in [4.69, 9.17) is 15.2 Å². The molecule has 1 heterocycles. The maximum Gasteiger partial charge on any atom is 0.255 e. The number of methoxy groups -OCH3 is 1. The second kappa shape index (κ2) is 10.2. The van der Waals surface area contributed by atoms with Crippen molar-refractivity contribution in [3.63, 3.8) is 0 Å². The lowest BCUT2D eigenvalue weighted by molar-refractivity contribution is -0.119. The van der Waals surface area contributed by atoms with Crippen LogP contribution in [0.2, 0.25) is 0 Å². The number of ether oxygens (including phenoxy) is 2. The van der Waals surface area contributed by atoms with Crippen LogP contribution < -0.4 is 21.1 Å². The summed E-state index contributed by atoms with van der Waals surface area (Å²) in [4.78, 5) is 23.2. The van der Waals surface area contributed by atoms with Crippen LogP contribution in [0.4, 0.5) is 0 Å². The van der Waals surface area contributed by atoms with Crippen LogP contribution in [0.3, 0.4) is 0 Å². The lowest BCUT2D eigenvalue weighted by Crippen LogP contribution is -2.47. The van der Waals surface area contributed by atoms with Crippen LogP contribution in [-0.4, -0.2) is 51.8 Å². The van der Waals surface area contributed by atoms with Crippen molar-refractivity contribution in [2.75, 3.05) is 40.0 Å². The van der Waals surface area contributed by atoms with Crippen LogP contribution in [0, 0.1) is 5.41 Å². The Bertz CT molecular complexity index is 571. The molecular formula is C17H26ClN3O4. The molecule has 140 valence electrons. The van der Waals surface area contributed by atoms with Crippen molar-refractivity contribution in [2.24, 2.45) is 11.1 Å². The van der Waals surface area contributed by atoms with Gasteiger partial charge in [-0.05, 0) is 44.1 Å². The molecule has 7 nitrogen and oxygen atoms in total. The van der Waals surface area contributed by atoms with Crippen molar-refractivity contribution >= 4 is 24.2 Å². The monoisotopic (exact) mass is 371 g/mol. The number of carbonyl (C=O) groups is 2. The summed E-state index contributed by atoms with van der Waals surface area (Å²) in [6, 6.07) is 6.70. The average molecular weight is 372 g/mol. The first-order valence-electron chi connectivity index (χ1n) is 8.04. The molecule has 1 aromatic rings. The van der Waals surface area contributed by atoms with E-state index >= 15 is 0 Å². The van der Waals surface area contributed by atoms with Crippen molar-refractivity contribution in [2.45, 2.75) is 12.8 Å². The Morgan fingerprint density at radius 1 is 1.32 bits per heavy atom. The number of nitrogens with two attached hydrogens (primary N) is 1. The number of amides is 2. The number of hydrogen-bond acceptors (Lipinski definition) is 5. The standard InChI is InChI=1S/C17H25N3O4.ClH/c1-23-12-17(5-7-19-8-6-17)11-20-16(22)13-3-2-4-14(9-13)24-10-15(18)21;/h2-4,9,19H,5-8,10-12H2,1H3,(H2,18,21)(H,20,22);1H. The number of primary amides is 1. The zero-order valence-electron chi connectivity index (χ0n) is 14.4. The Morgan fingerprint density at radius 2 is 2.04 bits per heavy atom. The molecular weight excluding hydrogens is 346 g/mol. The lowest BCUT2D eigenvalue weighted by Gasteiger charge is -2.37. The molecule has 1 aliphatic rings. The molecule has 2 amide bonds. The minimum atomic E-state index is -0.558. The fraction of sp³-hybridized carbons (Fsp3) is 0.529. The highest BCUT2D eigenvalue weighted by Crippen LogP contribution is 2.28. The maximum absolute atomic E-state index is 12.4. The van der Waals surface area contributed by atoms with E-state index < -0.39 is 5.91 Å². The van der Waals surface area contributed by atoms with E-state index in [1.54, 1.807) is 31.4 Å². The first-order valence-corrected chi connectivity index (χ1v) is 8.04. The fourth-order valence-electron chi connectivity index (χ4n) is 2.89. The van der Waals surface area contributed by atoms with Gasteiger partial charge in [-0.15, -0.1) is 12.4 Å². The molecule has 1 aromatic carbocycles. The van der Waals surface area contributed by atoms with Gasteiger partial charge in [0.2, 0.25) is 0 Å². The summed E-state index contributed by atoms with van der Waals surface area (Å²) in [6.45, 7) is 2.82. The second-order valence-corrected chi connectivity index (χ2v) is 6.15. The summed E-state index contributed by atoms with van der Waals surface area (Å²) >= 11 is 0. The van der Waals surface area contributed by atoms with Gasteiger partial charge < -0.3 is 25.8 Å². The van der Waals surface area contributed by atoms with Gasteiger partial charge in [0.1, 0.15) is 5.75 Å². The lowest BCUT2D eigenvalue weighted by atomic mass is 9.79. The molecule has 8 heteroatoms. The zero-order valence-corrected chi connectivity index (χ0v) is 15.2. The molecule has 1 aliphatic heterocycles. The molecule has 1 fully saturated rings. The average Bonchev–Trinajstić information content (AvgIpc) is 2.59. The van der Waals surface area contributed by atoms with Crippen molar-refractivity contribution in [1.29, 1.82) is 0 Å². The maximum atomic E-state index is 12.4. The number of halogens is 1. The van der Waals surface area contributed by atoms with Crippen molar-refractivity contribution in [3.05, 3.63) is 29.8 Å². The summed E-state index contributed by atoms with van der Waals surface area (Å²) in [6.07, 6.45) is 1.92. The van der Waals surface area contributed by atoms with Crippen LogP contribution in [0.25, 0.3) is 0 Å². The third-order valence-corrected chi connectivity index (χ3v) is 4.22. The molecule has 0 aromatic heterocycles. The number of benzene rings is 1. The van der Waals surface area contributed by atoms with Crippen LogP contribution in [-0.2, 0) is 9.53 Å². The third kappa shape index (κ3) is 6.53. The molecule has 0 saturated carbocycles. The molecule has 0 aliphatic carbocycles.